The van der Waals surface area contributed by atoms with Crippen LogP contribution in [0.15, 0.2) is 52.6 Å². The van der Waals surface area contributed by atoms with Crippen molar-refractivity contribution in [1.29, 1.82) is 0 Å². The highest BCUT2D eigenvalue weighted by Gasteiger charge is 2.08. The van der Waals surface area contributed by atoms with Gasteiger partial charge in [0.25, 0.3) is 0 Å². The molecule has 0 bridgehead atoms. The van der Waals surface area contributed by atoms with Crippen LogP contribution in [0.4, 0.5) is 0 Å². The number of benzene rings is 1. The first-order chi connectivity index (χ1) is 10.3. The van der Waals surface area contributed by atoms with Crippen molar-refractivity contribution in [2.75, 3.05) is 6.54 Å². The predicted octanol–water partition coefficient (Wildman–Crippen LogP) is 3.30. The van der Waals surface area contributed by atoms with Crippen molar-refractivity contribution in [1.82, 2.24) is 19.9 Å². The molecule has 2 aromatic heterocycles. The van der Waals surface area contributed by atoms with E-state index in [2.05, 4.69) is 47.6 Å². The Kier molecular flexibility index (Phi) is 4.22. The first-order valence-electron chi connectivity index (χ1n) is 7.06. The molecule has 0 aliphatic rings. The van der Waals surface area contributed by atoms with Gasteiger partial charge in [-0.25, -0.2) is 0 Å². The van der Waals surface area contributed by atoms with Gasteiger partial charge >= 0.3 is 0 Å². The lowest BCUT2D eigenvalue weighted by Gasteiger charge is -2.08. The van der Waals surface area contributed by atoms with E-state index in [-0.39, 0.29) is 0 Å². The van der Waals surface area contributed by atoms with Gasteiger partial charge in [0.05, 0.1) is 0 Å². The topological polar surface area (TPSA) is 42.2 Å². The molecule has 108 valence electrons. The molecule has 0 atom stereocenters. The van der Waals surface area contributed by atoms with E-state index in [4.69, 9.17) is 0 Å². The smallest absolute Gasteiger partial charge is 0.200 e. The van der Waals surface area contributed by atoms with Gasteiger partial charge in [0.1, 0.15) is 0 Å². The Hall–Kier alpha value is -1.85. The normalized spacial score (nSPS) is 11.1. The Labute approximate surface area is 128 Å². The third kappa shape index (κ3) is 3.09. The van der Waals surface area contributed by atoms with Gasteiger partial charge in [0.2, 0.25) is 0 Å². The van der Waals surface area contributed by atoms with Crippen molar-refractivity contribution in [3.05, 3.63) is 53.7 Å². The minimum atomic E-state index is 0.876. The van der Waals surface area contributed by atoms with Crippen LogP contribution in [0.2, 0.25) is 0 Å². The Balaban J connectivity index is 1.84. The molecule has 0 spiro atoms. The van der Waals surface area contributed by atoms with E-state index in [1.165, 1.54) is 16.0 Å². The maximum Gasteiger partial charge on any atom is 0.200 e. The number of aromatic nitrogens is 3. The second-order valence-electron chi connectivity index (χ2n) is 4.89. The standard InChI is InChI=1S/C16H18N4S/c1-3-17-11-13-7-8-14(12(2)10-13)21-16-19-18-15-6-4-5-9-20(15)16/h4-10,17H,3,11H2,1-2H3. The molecule has 3 rings (SSSR count). The van der Waals surface area contributed by atoms with E-state index in [0.29, 0.717) is 0 Å². The minimum Gasteiger partial charge on any atom is -0.313 e. The Morgan fingerprint density at radius 2 is 2.10 bits per heavy atom. The van der Waals surface area contributed by atoms with Crippen LogP contribution in [-0.2, 0) is 6.54 Å². The number of pyridine rings is 1. The molecular weight excluding hydrogens is 280 g/mol. The van der Waals surface area contributed by atoms with Gasteiger partial charge < -0.3 is 5.32 Å². The lowest BCUT2D eigenvalue weighted by Crippen LogP contribution is -2.11. The van der Waals surface area contributed by atoms with Crippen LogP contribution in [0, 0.1) is 6.92 Å². The summed E-state index contributed by atoms with van der Waals surface area (Å²) in [4.78, 5) is 1.22. The zero-order valence-corrected chi connectivity index (χ0v) is 13.0. The van der Waals surface area contributed by atoms with Crippen LogP contribution < -0.4 is 5.32 Å². The van der Waals surface area contributed by atoms with E-state index in [1.54, 1.807) is 11.8 Å². The van der Waals surface area contributed by atoms with Crippen molar-refractivity contribution in [3.63, 3.8) is 0 Å². The lowest BCUT2D eigenvalue weighted by atomic mass is 10.1. The molecule has 3 aromatic rings. The molecule has 0 radical (unpaired) electrons. The highest BCUT2D eigenvalue weighted by Crippen LogP contribution is 2.29. The summed E-state index contributed by atoms with van der Waals surface area (Å²) in [5.74, 6) is 0. The van der Waals surface area contributed by atoms with Crippen LogP contribution in [0.1, 0.15) is 18.1 Å². The SMILES string of the molecule is CCNCc1ccc(Sc2nnc3ccccn23)c(C)c1. The third-order valence-corrected chi connectivity index (χ3v) is 4.44. The quantitative estimate of drug-likeness (QED) is 0.785. The fourth-order valence-electron chi connectivity index (χ4n) is 2.19. The van der Waals surface area contributed by atoms with E-state index >= 15 is 0 Å². The van der Waals surface area contributed by atoms with E-state index in [1.807, 2.05) is 28.8 Å². The van der Waals surface area contributed by atoms with Crippen molar-refractivity contribution in [2.24, 2.45) is 0 Å². The molecular formula is C16H18N4S. The van der Waals surface area contributed by atoms with E-state index in [9.17, 15) is 0 Å². The van der Waals surface area contributed by atoms with E-state index in [0.717, 1.165) is 23.9 Å². The molecule has 0 saturated carbocycles. The number of rotatable bonds is 5. The van der Waals surface area contributed by atoms with Crippen LogP contribution in [-0.4, -0.2) is 21.1 Å². The molecule has 5 heteroatoms. The maximum atomic E-state index is 4.27. The predicted molar refractivity (Wildman–Crippen MR) is 85.7 cm³/mol. The first kappa shape index (κ1) is 14.1. The minimum absolute atomic E-state index is 0.876. The summed E-state index contributed by atoms with van der Waals surface area (Å²) < 4.78 is 2.01. The molecule has 4 nitrogen and oxygen atoms in total. The Morgan fingerprint density at radius 3 is 2.90 bits per heavy atom. The summed E-state index contributed by atoms with van der Waals surface area (Å²) in [7, 11) is 0. The van der Waals surface area contributed by atoms with Crippen molar-refractivity contribution in [2.45, 2.75) is 30.4 Å². The van der Waals surface area contributed by atoms with E-state index < -0.39 is 0 Å². The van der Waals surface area contributed by atoms with Gasteiger partial charge in [-0.2, -0.15) is 0 Å². The number of nitrogens with one attached hydrogen (secondary N) is 1. The Bertz CT molecular complexity index is 751. The second-order valence-corrected chi connectivity index (χ2v) is 5.90. The molecule has 1 aromatic carbocycles. The van der Waals surface area contributed by atoms with Gasteiger partial charge in [0.15, 0.2) is 10.8 Å². The average Bonchev–Trinajstić information content (AvgIpc) is 2.91. The summed E-state index contributed by atoms with van der Waals surface area (Å²) in [5.41, 5.74) is 3.45. The van der Waals surface area contributed by atoms with Crippen molar-refractivity contribution in [3.8, 4) is 0 Å². The van der Waals surface area contributed by atoms with Crippen molar-refractivity contribution >= 4 is 17.4 Å². The molecule has 0 fully saturated rings. The fraction of sp³-hybridized carbons (Fsp3) is 0.250. The van der Waals surface area contributed by atoms with Gasteiger partial charge in [-0.15, -0.1) is 10.2 Å². The summed E-state index contributed by atoms with van der Waals surface area (Å²) in [6.07, 6.45) is 1.99. The zero-order chi connectivity index (χ0) is 14.7. The molecule has 21 heavy (non-hydrogen) atoms. The largest absolute Gasteiger partial charge is 0.313 e. The van der Waals surface area contributed by atoms with Gasteiger partial charge in [-0.3, -0.25) is 4.40 Å². The molecule has 0 unspecified atom stereocenters. The third-order valence-electron chi connectivity index (χ3n) is 3.30. The summed E-state index contributed by atoms with van der Waals surface area (Å²) in [6, 6.07) is 12.5. The van der Waals surface area contributed by atoms with Crippen molar-refractivity contribution < 1.29 is 0 Å². The molecule has 0 aliphatic carbocycles. The number of hydrogen-bond acceptors (Lipinski definition) is 4. The van der Waals surface area contributed by atoms with Gasteiger partial charge in [0, 0.05) is 17.6 Å². The van der Waals surface area contributed by atoms with Crippen LogP contribution >= 0.6 is 11.8 Å². The second kappa shape index (κ2) is 6.28. The molecule has 1 N–H and O–H groups in total. The molecule has 0 aliphatic heterocycles. The highest BCUT2D eigenvalue weighted by atomic mass is 32.2. The number of hydrogen-bond donors (Lipinski definition) is 1. The number of fused-ring (bicyclic) bond motifs is 1. The van der Waals surface area contributed by atoms with Crippen LogP contribution in [0.5, 0.6) is 0 Å². The summed E-state index contributed by atoms with van der Waals surface area (Å²) >= 11 is 1.65. The first-order valence-corrected chi connectivity index (χ1v) is 7.87. The van der Waals surface area contributed by atoms with Crippen LogP contribution in [0.3, 0.4) is 0 Å². The fourth-order valence-corrected chi connectivity index (χ4v) is 3.08. The zero-order valence-electron chi connectivity index (χ0n) is 12.2. The monoisotopic (exact) mass is 298 g/mol. The van der Waals surface area contributed by atoms with Gasteiger partial charge in [-0.1, -0.05) is 25.1 Å². The average molecular weight is 298 g/mol. The van der Waals surface area contributed by atoms with Gasteiger partial charge in [-0.05, 0) is 54.6 Å². The summed E-state index contributed by atoms with van der Waals surface area (Å²) in [5, 5.41) is 12.7. The lowest BCUT2D eigenvalue weighted by molar-refractivity contribution is 0.725. The Morgan fingerprint density at radius 1 is 1.19 bits per heavy atom. The molecule has 0 saturated heterocycles. The summed E-state index contributed by atoms with van der Waals surface area (Å²) in [6.45, 7) is 6.16. The van der Waals surface area contributed by atoms with Crippen LogP contribution in [0.25, 0.3) is 5.65 Å². The maximum absolute atomic E-state index is 4.27. The molecule has 2 heterocycles. The number of aryl methyl sites for hydroxylation is 1. The highest BCUT2D eigenvalue weighted by molar-refractivity contribution is 7.99. The molecule has 0 amide bonds. The number of nitrogens with zero attached hydrogens (tertiary/aromatic N) is 3.